The molecule has 0 aromatic heterocycles. The highest BCUT2D eigenvalue weighted by Gasteiger charge is 2.23. The summed E-state index contributed by atoms with van der Waals surface area (Å²) < 4.78 is 13.7. The van der Waals surface area contributed by atoms with E-state index in [0.29, 0.717) is 6.42 Å². The van der Waals surface area contributed by atoms with Gasteiger partial charge in [-0.05, 0) is 47.5 Å². The van der Waals surface area contributed by atoms with Crippen LogP contribution >= 0.6 is 15.9 Å². The number of carboxylic acid groups (broad SMARTS) is 1. The molecule has 1 rings (SSSR count). The van der Waals surface area contributed by atoms with Gasteiger partial charge in [0.25, 0.3) is 5.91 Å². The lowest BCUT2D eigenvalue weighted by atomic mass is 10.1. The average molecular weight is 332 g/mol. The van der Waals surface area contributed by atoms with Gasteiger partial charge >= 0.3 is 5.97 Å². The van der Waals surface area contributed by atoms with Crippen molar-refractivity contribution in [1.29, 1.82) is 0 Å². The zero-order chi connectivity index (χ0) is 14.6. The zero-order valence-corrected chi connectivity index (χ0v) is 12.3. The van der Waals surface area contributed by atoms with Gasteiger partial charge in [0.15, 0.2) is 0 Å². The number of amides is 1. The van der Waals surface area contributed by atoms with Gasteiger partial charge in [-0.1, -0.05) is 6.92 Å². The molecule has 19 heavy (non-hydrogen) atoms. The first kappa shape index (κ1) is 15.6. The summed E-state index contributed by atoms with van der Waals surface area (Å²) in [4.78, 5) is 24.3. The molecule has 0 radical (unpaired) electrons. The fourth-order valence-electron chi connectivity index (χ4n) is 1.59. The Kier molecular flexibility index (Phi) is 5.47. The minimum Gasteiger partial charge on any atom is -0.480 e. The van der Waals surface area contributed by atoms with Crippen LogP contribution in [0.2, 0.25) is 0 Å². The van der Waals surface area contributed by atoms with Gasteiger partial charge in [-0.2, -0.15) is 0 Å². The average Bonchev–Trinajstić information content (AvgIpc) is 2.37. The molecule has 104 valence electrons. The van der Waals surface area contributed by atoms with Crippen LogP contribution in [0.3, 0.4) is 0 Å². The van der Waals surface area contributed by atoms with Crippen LogP contribution in [0.25, 0.3) is 0 Å². The van der Waals surface area contributed by atoms with Crippen LogP contribution in [0.15, 0.2) is 22.7 Å². The van der Waals surface area contributed by atoms with E-state index in [1.807, 2.05) is 6.92 Å². The normalized spacial score (nSPS) is 12.0. The van der Waals surface area contributed by atoms with Crippen LogP contribution in [0.5, 0.6) is 0 Å². The largest absolute Gasteiger partial charge is 0.480 e. The molecule has 1 aromatic carbocycles. The molecular weight excluding hydrogens is 317 g/mol. The second-order valence-electron chi connectivity index (χ2n) is 4.21. The molecule has 1 unspecified atom stereocenters. The van der Waals surface area contributed by atoms with E-state index >= 15 is 0 Å². The van der Waals surface area contributed by atoms with Gasteiger partial charge in [0.05, 0.1) is 4.47 Å². The molecule has 0 aliphatic rings. The van der Waals surface area contributed by atoms with E-state index in [1.165, 1.54) is 17.0 Å². The van der Waals surface area contributed by atoms with Crippen LogP contribution in [0.1, 0.15) is 30.6 Å². The highest BCUT2D eigenvalue weighted by Crippen LogP contribution is 2.18. The lowest BCUT2D eigenvalue weighted by Crippen LogP contribution is -2.41. The van der Waals surface area contributed by atoms with Crippen LogP contribution in [-0.4, -0.2) is 34.5 Å². The SMILES string of the molecule is CCC(C)N(CC(=O)O)C(=O)c1ccc(Br)c(F)c1. The van der Waals surface area contributed by atoms with Crippen molar-refractivity contribution in [3.05, 3.63) is 34.1 Å². The minimum absolute atomic E-state index is 0.141. The van der Waals surface area contributed by atoms with Crippen molar-refractivity contribution in [1.82, 2.24) is 4.90 Å². The molecule has 1 N–H and O–H groups in total. The maximum Gasteiger partial charge on any atom is 0.323 e. The lowest BCUT2D eigenvalue weighted by molar-refractivity contribution is -0.138. The number of carbonyl (C=O) groups excluding carboxylic acids is 1. The third-order valence-electron chi connectivity index (χ3n) is 2.86. The number of benzene rings is 1. The Morgan fingerprint density at radius 1 is 1.47 bits per heavy atom. The summed E-state index contributed by atoms with van der Waals surface area (Å²) >= 11 is 3.00. The first-order chi connectivity index (χ1) is 8.86. The number of halogens is 2. The van der Waals surface area contributed by atoms with E-state index in [1.54, 1.807) is 6.92 Å². The predicted octanol–water partition coefficient (Wildman–Crippen LogP) is 2.91. The summed E-state index contributed by atoms with van der Waals surface area (Å²) in [5, 5.41) is 8.85. The predicted molar refractivity (Wildman–Crippen MR) is 72.5 cm³/mol. The van der Waals surface area contributed by atoms with Crippen molar-refractivity contribution in [2.24, 2.45) is 0 Å². The second-order valence-corrected chi connectivity index (χ2v) is 5.07. The Labute approximate surface area is 119 Å². The summed E-state index contributed by atoms with van der Waals surface area (Å²) in [5.74, 6) is -2.13. The van der Waals surface area contributed by atoms with Crippen molar-refractivity contribution in [2.45, 2.75) is 26.3 Å². The van der Waals surface area contributed by atoms with E-state index < -0.39 is 24.2 Å². The Morgan fingerprint density at radius 2 is 2.11 bits per heavy atom. The van der Waals surface area contributed by atoms with E-state index in [2.05, 4.69) is 15.9 Å². The van der Waals surface area contributed by atoms with Crippen molar-refractivity contribution in [2.75, 3.05) is 6.54 Å². The van der Waals surface area contributed by atoms with Crippen molar-refractivity contribution in [3.63, 3.8) is 0 Å². The molecule has 1 atom stereocenters. The highest BCUT2D eigenvalue weighted by atomic mass is 79.9. The molecule has 1 aromatic rings. The molecule has 0 bridgehead atoms. The summed E-state index contributed by atoms with van der Waals surface area (Å²) in [6.07, 6.45) is 0.623. The van der Waals surface area contributed by atoms with Crippen molar-refractivity contribution in [3.8, 4) is 0 Å². The minimum atomic E-state index is -1.09. The number of carbonyl (C=O) groups is 2. The highest BCUT2D eigenvalue weighted by molar-refractivity contribution is 9.10. The third-order valence-corrected chi connectivity index (χ3v) is 3.50. The van der Waals surface area contributed by atoms with Crippen LogP contribution in [0, 0.1) is 5.82 Å². The fourth-order valence-corrected chi connectivity index (χ4v) is 1.84. The molecule has 0 aliphatic heterocycles. The van der Waals surface area contributed by atoms with E-state index in [-0.39, 0.29) is 16.1 Å². The summed E-state index contributed by atoms with van der Waals surface area (Å²) in [6.45, 7) is 3.22. The fraction of sp³-hybridized carbons (Fsp3) is 0.385. The van der Waals surface area contributed by atoms with Crippen LogP contribution in [0.4, 0.5) is 4.39 Å². The molecule has 0 fully saturated rings. The van der Waals surface area contributed by atoms with E-state index in [9.17, 15) is 14.0 Å². The topological polar surface area (TPSA) is 57.6 Å². The van der Waals surface area contributed by atoms with Gasteiger partial charge in [0.2, 0.25) is 0 Å². The molecular formula is C13H15BrFNO3. The Hall–Kier alpha value is -1.43. The number of hydrogen-bond donors (Lipinski definition) is 1. The van der Waals surface area contributed by atoms with E-state index in [4.69, 9.17) is 5.11 Å². The van der Waals surface area contributed by atoms with Gasteiger partial charge < -0.3 is 10.0 Å². The van der Waals surface area contributed by atoms with Gasteiger partial charge in [-0.3, -0.25) is 9.59 Å². The summed E-state index contributed by atoms with van der Waals surface area (Å²) in [6, 6.07) is 3.77. The summed E-state index contributed by atoms with van der Waals surface area (Å²) in [7, 11) is 0. The Bertz CT molecular complexity index is 493. The third kappa shape index (κ3) is 4.02. The number of nitrogens with zero attached hydrogens (tertiary/aromatic N) is 1. The number of rotatable bonds is 5. The van der Waals surface area contributed by atoms with Gasteiger partial charge in [-0.25, -0.2) is 4.39 Å². The molecule has 0 heterocycles. The van der Waals surface area contributed by atoms with E-state index in [0.717, 1.165) is 6.07 Å². The smallest absolute Gasteiger partial charge is 0.323 e. The maximum absolute atomic E-state index is 13.4. The zero-order valence-electron chi connectivity index (χ0n) is 10.7. The monoisotopic (exact) mass is 331 g/mol. The lowest BCUT2D eigenvalue weighted by Gasteiger charge is -2.27. The molecule has 0 saturated heterocycles. The van der Waals surface area contributed by atoms with Crippen molar-refractivity contribution < 1.29 is 19.1 Å². The van der Waals surface area contributed by atoms with Gasteiger partial charge in [0.1, 0.15) is 12.4 Å². The number of hydrogen-bond acceptors (Lipinski definition) is 2. The molecule has 1 amide bonds. The van der Waals surface area contributed by atoms with Gasteiger partial charge in [-0.15, -0.1) is 0 Å². The number of aliphatic carboxylic acids is 1. The van der Waals surface area contributed by atoms with Crippen molar-refractivity contribution >= 4 is 27.8 Å². The quantitative estimate of drug-likeness (QED) is 0.902. The van der Waals surface area contributed by atoms with Crippen LogP contribution < -0.4 is 0 Å². The summed E-state index contributed by atoms with van der Waals surface area (Å²) in [5.41, 5.74) is 0.141. The molecule has 0 aliphatic carbocycles. The standard InChI is InChI=1S/C13H15BrFNO3/c1-3-8(2)16(7-12(17)18)13(19)9-4-5-10(14)11(15)6-9/h4-6,8H,3,7H2,1-2H3,(H,17,18). The molecule has 6 heteroatoms. The Morgan fingerprint density at radius 3 is 2.58 bits per heavy atom. The molecule has 0 saturated carbocycles. The number of carboxylic acids is 1. The molecule has 4 nitrogen and oxygen atoms in total. The molecule has 0 spiro atoms. The second kappa shape index (κ2) is 6.65. The Balaban J connectivity index is 3.04. The first-order valence-corrected chi connectivity index (χ1v) is 6.64. The van der Waals surface area contributed by atoms with Gasteiger partial charge in [0, 0.05) is 11.6 Å². The maximum atomic E-state index is 13.4. The van der Waals surface area contributed by atoms with Crippen LogP contribution in [-0.2, 0) is 4.79 Å². The first-order valence-electron chi connectivity index (χ1n) is 5.84.